The monoisotopic (exact) mass is 330 g/mol. The standard InChI is InChI=1S/C22H34O2/c1-21-11-8-15(23)13-14(21)4-5-16-17(21)9-12-22-10-2-3-20(24)19(22)7-6-18(16)22/h14-19,23H,2-13H2,1H3/t14-,15+,16?,17?,18?,19?,21-,22?/m0/s1. The molecule has 5 unspecified atom stereocenters. The van der Waals surface area contributed by atoms with Crippen molar-refractivity contribution in [3.8, 4) is 0 Å². The predicted molar refractivity (Wildman–Crippen MR) is 94.4 cm³/mol. The predicted octanol–water partition coefficient (Wildman–Crippen LogP) is 4.74. The van der Waals surface area contributed by atoms with Crippen molar-refractivity contribution in [1.29, 1.82) is 0 Å². The number of hydrogen-bond donors (Lipinski definition) is 1. The van der Waals surface area contributed by atoms with Crippen LogP contribution >= 0.6 is 0 Å². The third-order valence-corrected chi connectivity index (χ3v) is 9.81. The molecule has 5 saturated carbocycles. The fraction of sp³-hybridized carbons (Fsp3) is 0.955. The van der Waals surface area contributed by atoms with E-state index in [0.29, 0.717) is 22.5 Å². The van der Waals surface area contributed by atoms with Gasteiger partial charge in [0.15, 0.2) is 0 Å². The third kappa shape index (κ3) is 1.95. The van der Waals surface area contributed by atoms with Crippen LogP contribution in [0.1, 0.15) is 84.0 Å². The van der Waals surface area contributed by atoms with Crippen LogP contribution in [-0.2, 0) is 4.79 Å². The Morgan fingerprint density at radius 1 is 0.958 bits per heavy atom. The average molecular weight is 331 g/mol. The largest absolute Gasteiger partial charge is 0.393 e. The molecule has 8 atom stereocenters. The van der Waals surface area contributed by atoms with Crippen LogP contribution in [0.5, 0.6) is 0 Å². The minimum absolute atomic E-state index is 0.0404. The molecule has 0 aromatic rings. The van der Waals surface area contributed by atoms with Crippen LogP contribution in [-0.4, -0.2) is 17.0 Å². The van der Waals surface area contributed by atoms with E-state index in [9.17, 15) is 9.90 Å². The summed E-state index contributed by atoms with van der Waals surface area (Å²) in [5, 5.41) is 10.2. The first-order chi connectivity index (χ1) is 11.5. The molecule has 24 heavy (non-hydrogen) atoms. The molecule has 2 heteroatoms. The summed E-state index contributed by atoms with van der Waals surface area (Å²) < 4.78 is 0. The van der Waals surface area contributed by atoms with Crippen molar-refractivity contribution in [3.05, 3.63) is 0 Å². The Balaban J connectivity index is 1.46. The van der Waals surface area contributed by atoms with E-state index in [1.54, 1.807) is 0 Å². The van der Waals surface area contributed by atoms with E-state index >= 15 is 0 Å². The Morgan fingerprint density at radius 2 is 1.83 bits per heavy atom. The SMILES string of the molecule is C[C@]12CC[C@@H](O)C[C@@H]1CCC1C3CCC4C(=O)CCCC43CCC12. The van der Waals surface area contributed by atoms with Crippen molar-refractivity contribution < 1.29 is 9.90 Å². The van der Waals surface area contributed by atoms with Gasteiger partial charge in [-0.05, 0) is 105 Å². The molecular weight excluding hydrogens is 296 g/mol. The van der Waals surface area contributed by atoms with Gasteiger partial charge < -0.3 is 5.11 Å². The Morgan fingerprint density at radius 3 is 2.71 bits per heavy atom. The minimum Gasteiger partial charge on any atom is -0.393 e. The zero-order valence-electron chi connectivity index (χ0n) is 15.3. The van der Waals surface area contributed by atoms with Gasteiger partial charge in [-0.15, -0.1) is 0 Å². The topological polar surface area (TPSA) is 37.3 Å². The number of fused-ring (bicyclic) bond motifs is 4. The zero-order valence-corrected chi connectivity index (χ0v) is 15.3. The first-order valence-electron chi connectivity index (χ1n) is 10.8. The Bertz CT molecular complexity index is 542. The highest BCUT2D eigenvalue weighted by Crippen LogP contribution is 2.69. The maximum absolute atomic E-state index is 12.6. The van der Waals surface area contributed by atoms with Crippen molar-refractivity contribution in [1.82, 2.24) is 0 Å². The summed E-state index contributed by atoms with van der Waals surface area (Å²) in [6.45, 7) is 2.57. The van der Waals surface area contributed by atoms with E-state index in [4.69, 9.17) is 0 Å². The molecule has 5 rings (SSSR count). The minimum atomic E-state index is -0.0404. The molecule has 1 N–H and O–H groups in total. The second-order valence-corrected chi connectivity index (χ2v) is 10.3. The van der Waals surface area contributed by atoms with Crippen molar-refractivity contribution in [2.45, 2.75) is 90.1 Å². The molecule has 134 valence electrons. The lowest BCUT2D eigenvalue weighted by Crippen LogP contribution is -2.55. The van der Waals surface area contributed by atoms with Crippen LogP contribution in [0.15, 0.2) is 0 Å². The number of carbonyl (C=O) groups is 1. The first-order valence-corrected chi connectivity index (χ1v) is 10.8. The van der Waals surface area contributed by atoms with Crippen LogP contribution in [0.25, 0.3) is 0 Å². The maximum atomic E-state index is 12.6. The fourth-order valence-electron chi connectivity index (χ4n) is 8.78. The molecular formula is C22H34O2. The lowest BCUT2D eigenvalue weighted by atomic mass is 9.43. The highest BCUT2D eigenvalue weighted by atomic mass is 16.3. The molecule has 0 bridgehead atoms. The van der Waals surface area contributed by atoms with Crippen LogP contribution in [0.3, 0.4) is 0 Å². The van der Waals surface area contributed by atoms with Gasteiger partial charge >= 0.3 is 0 Å². The van der Waals surface area contributed by atoms with Gasteiger partial charge in [0.25, 0.3) is 0 Å². The summed E-state index contributed by atoms with van der Waals surface area (Å²) >= 11 is 0. The summed E-state index contributed by atoms with van der Waals surface area (Å²) in [6.07, 6.45) is 14.6. The summed E-state index contributed by atoms with van der Waals surface area (Å²) in [5.41, 5.74) is 0.883. The van der Waals surface area contributed by atoms with Gasteiger partial charge in [0.2, 0.25) is 0 Å². The number of hydrogen-bond acceptors (Lipinski definition) is 2. The highest BCUT2D eigenvalue weighted by Gasteiger charge is 2.63. The van der Waals surface area contributed by atoms with Gasteiger partial charge in [-0.1, -0.05) is 6.92 Å². The number of carbonyl (C=O) groups excluding carboxylic acids is 1. The Kier molecular flexibility index (Phi) is 3.51. The average Bonchev–Trinajstić information content (AvgIpc) is 2.96. The number of ketones is 1. The van der Waals surface area contributed by atoms with E-state index in [1.165, 1.54) is 51.4 Å². The van der Waals surface area contributed by atoms with Crippen molar-refractivity contribution in [2.24, 2.45) is 40.4 Å². The molecule has 5 fully saturated rings. The van der Waals surface area contributed by atoms with Crippen molar-refractivity contribution in [3.63, 3.8) is 0 Å². The summed E-state index contributed by atoms with van der Waals surface area (Å²) in [7, 11) is 0. The maximum Gasteiger partial charge on any atom is 0.136 e. The van der Waals surface area contributed by atoms with Gasteiger partial charge in [0.1, 0.15) is 5.78 Å². The van der Waals surface area contributed by atoms with Crippen LogP contribution in [0, 0.1) is 40.4 Å². The van der Waals surface area contributed by atoms with Gasteiger partial charge in [0.05, 0.1) is 6.10 Å². The molecule has 1 spiro atoms. The molecule has 0 aromatic carbocycles. The smallest absolute Gasteiger partial charge is 0.136 e. The van der Waals surface area contributed by atoms with Crippen LogP contribution in [0.2, 0.25) is 0 Å². The van der Waals surface area contributed by atoms with Gasteiger partial charge in [-0.25, -0.2) is 0 Å². The van der Waals surface area contributed by atoms with E-state index in [-0.39, 0.29) is 6.10 Å². The fourth-order valence-corrected chi connectivity index (χ4v) is 8.78. The molecule has 5 aliphatic rings. The summed E-state index contributed by atoms with van der Waals surface area (Å²) in [4.78, 5) is 12.6. The molecule has 0 heterocycles. The summed E-state index contributed by atoms with van der Waals surface area (Å²) in [5.74, 6) is 4.39. The van der Waals surface area contributed by atoms with Crippen molar-refractivity contribution >= 4 is 5.78 Å². The quantitative estimate of drug-likeness (QED) is 0.696. The van der Waals surface area contributed by atoms with Gasteiger partial charge in [0, 0.05) is 12.3 Å². The number of aliphatic hydroxyl groups excluding tert-OH is 1. The molecule has 0 saturated heterocycles. The molecule has 0 radical (unpaired) electrons. The summed E-state index contributed by atoms with van der Waals surface area (Å²) in [6, 6.07) is 0. The van der Waals surface area contributed by atoms with Gasteiger partial charge in [-0.3, -0.25) is 4.79 Å². The number of Topliss-reactive ketones (excluding diaryl/α,β-unsaturated/α-hetero) is 1. The van der Waals surface area contributed by atoms with Crippen molar-refractivity contribution in [2.75, 3.05) is 0 Å². The molecule has 0 aromatic heterocycles. The van der Waals surface area contributed by atoms with E-state index in [0.717, 1.165) is 49.4 Å². The third-order valence-electron chi connectivity index (χ3n) is 9.81. The number of rotatable bonds is 0. The molecule has 0 amide bonds. The molecule has 0 aliphatic heterocycles. The van der Waals surface area contributed by atoms with Crippen LogP contribution < -0.4 is 0 Å². The normalized spacial score (nSPS) is 56.8. The highest BCUT2D eigenvalue weighted by molar-refractivity contribution is 5.83. The van der Waals surface area contributed by atoms with E-state index in [1.807, 2.05) is 0 Å². The molecule has 5 aliphatic carbocycles. The van der Waals surface area contributed by atoms with E-state index < -0.39 is 0 Å². The van der Waals surface area contributed by atoms with Gasteiger partial charge in [-0.2, -0.15) is 0 Å². The first kappa shape index (κ1) is 15.9. The lowest BCUT2D eigenvalue weighted by molar-refractivity contribution is -0.149. The second-order valence-electron chi connectivity index (χ2n) is 10.3. The van der Waals surface area contributed by atoms with Crippen LogP contribution in [0.4, 0.5) is 0 Å². The Labute approximate surface area is 146 Å². The Hall–Kier alpha value is -0.370. The van der Waals surface area contributed by atoms with E-state index in [2.05, 4.69) is 6.92 Å². The number of aliphatic hydroxyl groups is 1. The zero-order chi connectivity index (χ0) is 16.5. The molecule has 2 nitrogen and oxygen atoms in total. The second kappa shape index (κ2) is 5.32. The lowest BCUT2D eigenvalue weighted by Gasteiger charge is -2.62.